The van der Waals surface area contributed by atoms with E-state index in [1.165, 1.54) is 0 Å². The molecule has 1 aliphatic carbocycles. The Kier molecular flexibility index (Phi) is 5.44. The molecule has 1 aliphatic rings. The molecule has 0 saturated heterocycles. The Hall–Kier alpha value is -2.39. The van der Waals surface area contributed by atoms with Crippen LogP contribution in [0.4, 0.5) is 11.4 Å². The lowest BCUT2D eigenvalue weighted by Gasteiger charge is -2.32. The van der Waals surface area contributed by atoms with Gasteiger partial charge in [0.1, 0.15) is 6.29 Å². The minimum absolute atomic E-state index is 0.197. The van der Waals surface area contributed by atoms with Crippen LogP contribution in [0.3, 0.4) is 0 Å². The van der Waals surface area contributed by atoms with Crippen molar-refractivity contribution in [1.82, 2.24) is 0 Å². The van der Waals surface area contributed by atoms with Crippen molar-refractivity contribution in [1.29, 1.82) is 0 Å². The lowest BCUT2D eigenvalue weighted by atomic mass is 10.1. The van der Waals surface area contributed by atoms with Gasteiger partial charge >= 0.3 is 0 Å². The fourth-order valence-corrected chi connectivity index (χ4v) is 3.10. The zero-order valence-electron chi connectivity index (χ0n) is 13.2. The average Bonchev–Trinajstić information content (AvgIpc) is 2.61. The number of hydrogen-bond donors (Lipinski definition) is 0. The summed E-state index contributed by atoms with van der Waals surface area (Å²) >= 11 is 3.51. The van der Waals surface area contributed by atoms with Gasteiger partial charge in [-0.1, -0.05) is 58.4 Å². The SMILES string of the molecule is O=Cc1ccc(N(c2ccccc2)C2C=C/C=C(Br)\C=C/C2)cc1. The van der Waals surface area contributed by atoms with Crippen molar-refractivity contribution in [2.45, 2.75) is 12.5 Å². The van der Waals surface area contributed by atoms with Crippen molar-refractivity contribution in [2.75, 3.05) is 4.90 Å². The molecule has 0 aliphatic heterocycles. The number of carbonyl (C=O) groups excluding carboxylic acids is 1. The topological polar surface area (TPSA) is 20.3 Å². The summed E-state index contributed by atoms with van der Waals surface area (Å²) in [5.74, 6) is 0. The van der Waals surface area contributed by atoms with Gasteiger partial charge in [-0.3, -0.25) is 4.79 Å². The van der Waals surface area contributed by atoms with E-state index in [0.717, 1.165) is 28.6 Å². The molecule has 1 unspecified atom stereocenters. The van der Waals surface area contributed by atoms with Crippen LogP contribution in [0.5, 0.6) is 0 Å². The summed E-state index contributed by atoms with van der Waals surface area (Å²) in [6, 6.07) is 18.2. The number of allylic oxidation sites excluding steroid dienone is 4. The second-order valence-corrected chi connectivity index (χ2v) is 6.47. The van der Waals surface area contributed by atoms with Gasteiger partial charge in [-0.05, 0) is 48.9 Å². The molecule has 1 atom stereocenters. The fraction of sp³-hybridized carbons (Fsp3) is 0.0952. The fourth-order valence-electron chi connectivity index (χ4n) is 2.76. The van der Waals surface area contributed by atoms with Gasteiger partial charge in [-0.15, -0.1) is 0 Å². The number of anilines is 2. The zero-order chi connectivity index (χ0) is 16.8. The third-order valence-electron chi connectivity index (χ3n) is 3.92. The molecule has 0 saturated carbocycles. The number of rotatable bonds is 4. The molecule has 0 radical (unpaired) electrons. The number of benzene rings is 2. The van der Waals surface area contributed by atoms with Crippen molar-refractivity contribution in [3.63, 3.8) is 0 Å². The van der Waals surface area contributed by atoms with E-state index in [2.05, 4.69) is 57.3 Å². The van der Waals surface area contributed by atoms with Gasteiger partial charge in [0.25, 0.3) is 0 Å². The summed E-state index contributed by atoms with van der Waals surface area (Å²) in [6.45, 7) is 0. The maximum absolute atomic E-state index is 10.9. The minimum Gasteiger partial charge on any atom is -0.334 e. The van der Waals surface area contributed by atoms with Gasteiger partial charge in [0.15, 0.2) is 0 Å². The van der Waals surface area contributed by atoms with Gasteiger partial charge in [0.2, 0.25) is 0 Å². The lowest BCUT2D eigenvalue weighted by molar-refractivity contribution is 0.112. The molecule has 3 heteroatoms. The molecule has 0 bridgehead atoms. The summed E-state index contributed by atoms with van der Waals surface area (Å²) in [5.41, 5.74) is 2.88. The number of nitrogens with zero attached hydrogens (tertiary/aromatic N) is 1. The highest BCUT2D eigenvalue weighted by Crippen LogP contribution is 2.30. The first kappa shape index (κ1) is 16.5. The van der Waals surface area contributed by atoms with Crippen molar-refractivity contribution in [3.05, 3.63) is 95.0 Å². The largest absolute Gasteiger partial charge is 0.334 e. The van der Waals surface area contributed by atoms with Crippen molar-refractivity contribution < 1.29 is 4.79 Å². The van der Waals surface area contributed by atoms with Crippen LogP contribution in [0.1, 0.15) is 16.8 Å². The van der Waals surface area contributed by atoms with Crippen LogP contribution < -0.4 is 4.90 Å². The number of para-hydroxylation sites is 1. The second-order valence-electron chi connectivity index (χ2n) is 5.56. The smallest absolute Gasteiger partial charge is 0.150 e. The third-order valence-corrected chi connectivity index (χ3v) is 4.45. The van der Waals surface area contributed by atoms with Crippen LogP contribution in [0.2, 0.25) is 0 Å². The van der Waals surface area contributed by atoms with Crippen molar-refractivity contribution in [2.24, 2.45) is 0 Å². The molecule has 0 heterocycles. The molecule has 24 heavy (non-hydrogen) atoms. The standard InChI is InChI=1S/C21H18BrNO/c22-18-6-4-10-20(11-5-7-18)23(19-8-2-1-3-9-19)21-14-12-17(16-24)13-15-21/h1-10,12-16,20H,11H2/b7-5-,10-4?,18-6+. The van der Waals surface area contributed by atoms with Gasteiger partial charge < -0.3 is 4.90 Å². The Bertz CT molecular complexity index is 775. The molecule has 0 N–H and O–H groups in total. The van der Waals surface area contributed by atoms with E-state index in [0.29, 0.717) is 5.56 Å². The van der Waals surface area contributed by atoms with Crippen LogP contribution in [-0.2, 0) is 0 Å². The van der Waals surface area contributed by atoms with E-state index in [-0.39, 0.29) is 6.04 Å². The van der Waals surface area contributed by atoms with E-state index in [1.54, 1.807) is 0 Å². The number of halogens is 1. The van der Waals surface area contributed by atoms with Crippen LogP contribution in [0.25, 0.3) is 0 Å². The van der Waals surface area contributed by atoms with E-state index in [9.17, 15) is 4.79 Å². The molecular formula is C21H18BrNO. The van der Waals surface area contributed by atoms with Crippen LogP contribution in [-0.4, -0.2) is 12.3 Å². The Morgan fingerprint density at radius 3 is 2.42 bits per heavy atom. The highest BCUT2D eigenvalue weighted by molar-refractivity contribution is 9.11. The summed E-state index contributed by atoms with van der Waals surface area (Å²) in [4.78, 5) is 13.2. The molecule has 120 valence electrons. The summed E-state index contributed by atoms with van der Waals surface area (Å²) in [6.07, 6.45) is 12.3. The molecular weight excluding hydrogens is 362 g/mol. The Balaban J connectivity index is 2.01. The lowest BCUT2D eigenvalue weighted by Crippen LogP contribution is -2.29. The van der Waals surface area contributed by atoms with Gasteiger partial charge in [-0.2, -0.15) is 0 Å². The summed E-state index contributed by atoms with van der Waals surface area (Å²) in [7, 11) is 0. The van der Waals surface area contributed by atoms with Crippen molar-refractivity contribution >= 4 is 33.6 Å². The third kappa shape index (κ3) is 3.92. The first-order valence-electron chi connectivity index (χ1n) is 7.88. The maximum atomic E-state index is 10.9. The zero-order valence-corrected chi connectivity index (χ0v) is 14.8. The highest BCUT2D eigenvalue weighted by atomic mass is 79.9. The molecule has 0 aromatic heterocycles. The molecule has 2 aromatic carbocycles. The maximum Gasteiger partial charge on any atom is 0.150 e. The van der Waals surface area contributed by atoms with Gasteiger partial charge in [-0.25, -0.2) is 0 Å². The molecule has 2 nitrogen and oxygen atoms in total. The van der Waals surface area contributed by atoms with E-state index in [4.69, 9.17) is 0 Å². The Labute approximate surface area is 150 Å². The Morgan fingerprint density at radius 1 is 1.00 bits per heavy atom. The number of hydrogen-bond acceptors (Lipinski definition) is 2. The monoisotopic (exact) mass is 379 g/mol. The summed E-state index contributed by atoms with van der Waals surface area (Å²) < 4.78 is 1.07. The van der Waals surface area contributed by atoms with Crippen LogP contribution >= 0.6 is 15.9 Å². The molecule has 0 fully saturated rings. The second kappa shape index (κ2) is 7.93. The first-order chi connectivity index (χ1) is 11.8. The highest BCUT2D eigenvalue weighted by Gasteiger charge is 2.18. The predicted octanol–water partition coefficient (Wildman–Crippen LogP) is 5.80. The first-order valence-corrected chi connectivity index (χ1v) is 8.67. The normalized spacial score (nSPS) is 20.4. The number of aldehydes is 1. The average molecular weight is 380 g/mol. The van der Waals surface area contributed by atoms with Crippen LogP contribution in [0.15, 0.2) is 89.5 Å². The molecule has 3 rings (SSSR count). The van der Waals surface area contributed by atoms with E-state index in [1.807, 2.05) is 48.5 Å². The number of carbonyl (C=O) groups is 1. The molecule has 0 amide bonds. The molecule has 0 spiro atoms. The van der Waals surface area contributed by atoms with E-state index >= 15 is 0 Å². The molecule has 2 aromatic rings. The van der Waals surface area contributed by atoms with Crippen molar-refractivity contribution in [3.8, 4) is 0 Å². The van der Waals surface area contributed by atoms with Gasteiger partial charge in [0.05, 0.1) is 6.04 Å². The van der Waals surface area contributed by atoms with Gasteiger partial charge in [0, 0.05) is 21.4 Å². The van der Waals surface area contributed by atoms with E-state index < -0.39 is 0 Å². The van der Waals surface area contributed by atoms with Crippen LogP contribution in [0, 0.1) is 0 Å². The Morgan fingerprint density at radius 2 is 1.71 bits per heavy atom. The quantitative estimate of drug-likeness (QED) is 0.625. The summed E-state index contributed by atoms with van der Waals surface area (Å²) in [5, 5.41) is 0. The minimum atomic E-state index is 0.197. The predicted molar refractivity (Wildman–Crippen MR) is 104 cm³/mol.